The molecule has 2 saturated carbocycles. The Bertz CT molecular complexity index is 952. The average Bonchev–Trinajstić information content (AvgIpc) is 3.63. The third-order valence-electron chi connectivity index (χ3n) is 6.70. The van der Waals surface area contributed by atoms with Crippen molar-refractivity contribution in [2.75, 3.05) is 19.5 Å². The zero-order valence-corrected chi connectivity index (χ0v) is 17.6. The fourth-order valence-corrected chi connectivity index (χ4v) is 5.05. The number of hydrogen-bond acceptors (Lipinski definition) is 4. The lowest BCUT2D eigenvalue weighted by atomic mass is 9.75. The summed E-state index contributed by atoms with van der Waals surface area (Å²) in [5.74, 6) is 2.35. The minimum atomic E-state index is -0.248. The zero-order chi connectivity index (χ0) is 20.7. The van der Waals surface area contributed by atoms with Crippen LogP contribution in [0.3, 0.4) is 0 Å². The van der Waals surface area contributed by atoms with Gasteiger partial charge in [-0.05, 0) is 55.5 Å². The second-order valence-electron chi connectivity index (χ2n) is 8.63. The van der Waals surface area contributed by atoms with Gasteiger partial charge in [0.2, 0.25) is 5.91 Å². The van der Waals surface area contributed by atoms with E-state index < -0.39 is 0 Å². The van der Waals surface area contributed by atoms with Gasteiger partial charge in [-0.3, -0.25) is 4.79 Å². The quantitative estimate of drug-likeness (QED) is 0.740. The van der Waals surface area contributed by atoms with Crippen LogP contribution in [0.2, 0.25) is 0 Å². The Hall–Kier alpha value is -2.53. The van der Waals surface area contributed by atoms with Crippen molar-refractivity contribution in [3.8, 4) is 11.5 Å². The fraction of sp³-hybridized carbons (Fsp3) is 0.480. The predicted octanol–water partition coefficient (Wildman–Crippen LogP) is 5.20. The molecule has 1 heterocycles. The number of carbonyl (C=O) groups is 1. The molecule has 158 valence electrons. The maximum absolute atomic E-state index is 12.3. The number of ether oxygens (including phenoxy) is 3. The van der Waals surface area contributed by atoms with Crippen LogP contribution < -0.4 is 14.8 Å². The average molecular weight is 408 g/mol. The van der Waals surface area contributed by atoms with Gasteiger partial charge in [-0.1, -0.05) is 25.0 Å². The molecule has 3 atom stereocenters. The Kier molecular flexibility index (Phi) is 5.15. The van der Waals surface area contributed by atoms with Gasteiger partial charge in [0, 0.05) is 28.7 Å². The number of hydrogen-bond donors (Lipinski definition) is 1. The van der Waals surface area contributed by atoms with Crippen LogP contribution in [-0.4, -0.2) is 26.2 Å². The Labute approximate surface area is 177 Å². The Balaban J connectivity index is 1.58. The summed E-state index contributed by atoms with van der Waals surface area (Å²) < 4.78 is 18.3. The Morgan fingerprint density at radius 1 is 0.967 bits per heavy atom. The Morgan fingerprint density at radius 3 is 2.43 bits per heavy atom. The van der Waals surface area contributed by atoms with E-state index in [1.807, 2.05) is 30.3 Å². The summed E-state index contributed by atoms with van der Waals surface area (Å²) in [4.78, 5) is 12.3. The molecule has 0 radical (unpaired) electrons. The summed E-state index contributed by atoms with van der Waals surface area (Å²) >= 11 is 0. The number of anilines is 1. The molecule has 0 saturated heterocycles. The van der Waals surface area contributed by atoms with E-state index >= 15 is 0 Å². The number of benzene rings is 2. The van der Waals surface area contributed by atoms with Crippen molar-refractivity contribution >= 4 is 11.6 Å². The van der Waals surface area contributed by atoms with Gasteiger partial charge in [0.15, 0.2) is 0 Å². The molecule has 30 heavy (non-hydrogen) atoms. The number of amides is 1. The number of rotatable bonds is 5. The van der Waals surface area contributed by atoms with Crippen LogP contribution in [0.4, 0.5) is 5.69 Å². The number of methoxy groups -OCH3 is 2. The highest BCUT2D eigenvalue weighted by Gasteiger charge is 2.41. The van der Waals surface area contributed by atoms with Gasteiger partial charge >= 0.3 is 0 Å². The molecule has 1 N–H and O–H groups in total. The lowest BCUT2D eigenvalue weighted by Crippen LogP contribution is -2.34. The van der Waals surface area contributed by atoms with E-state index in [1.54, 1.807) is 14.2 Å². The van der Waals surface area contributed by atoms with Crippen molar-refractivity contribution in [3.05, 3.63) is 53.1 Å². The van der Waals surface area contributed by atoms with Crippen LogP contribution >= 0.6 is 0 Å². The molecule has 0 bridgehead atoms. The van der Waals surface area contributed by atoms with Gasteiger partial charge in [-0.15, -0.1) is 0 Å². The number of nitrogens with one attached hydrogen (secondary N) is 1. The topological polar surface area (TPSA) is 56.8 Å². The molecule has 5 rings (SSSR count). The van der Waals surface area contributed by atoms with Crippen LogP contribution in [-0.2, 0) is 9.53 Å². The summed E-state index contributed by atoms with van der Waals surface area (Å²) in [6.45, 7) is 0. The molecule has 3 aliphatic rings. The van der Waals surface area contributed by atoms with Crippen LogP contribution in [0.5, 0.6) is 11.5 Å². The molecule has 0 aromatic heterocycles. The highest BCUT2D eigenvalue weighted by atomic mass is 16.5. The summed E-state index contributed by atoms with van der Waals surface area (Å²) in [5.41, 5.74) is 4.14. The van der Waals surface area contributed by atoms with Crippen LogP contribution in [0.15, 0.2) is 36.4 Å². The molecule has 5 heteroatoms. The van der Waals surface area contributed by atoms with E-state index in [4.69, 9.17) is 14.2 Å². The van der Waals surface area contributed by atoms with Crippen molar-refractivity contribution < 1.29 is 19.0 Å². The molecule has 2 aliphatic carbocycles. The van der Waals surface area contributed by atoms with Crippen LogP contribution in [0, 0.1) is 5.92 Å². The Morgan fingerprint density at radius 2 is 1.70 bits per heavy atom. The van der Waals surface area contributed by atoms with Gasteiger partial charge in [-0.2, -0.15) is 0 Å². The summed E-state index contributed by atoms with van der Waals surface area (Å²) in [5, 5.41) is 3.06. The molecular weight excluding hydrogens is 378 g/mol. The standard InChI is InChI=1S/C25H29NO4/c1-28-20-12-13-21(29-2)23-22(20)18-8-3-4-9-19(18)30-24(23)16-6-5-7-17(14-16)26-25(27)15-10-11-15/h5-7,12-15,18-19,24H,3-4,8-11H2,1-2H3,(H,26,27)/t18-,19+,24-/m1/s1. The second kappa shape index (κ2) is 7.95. The van der Waals surface area contributed by atoms with Crippen molar-refractivity contribution in [1.29, 1.82) is 0 Å². The first-order chi connectivity index (χ1) is 14.7. The zero-order valence-electron chi connectivity index (χ0n) is 17.6. The van der Waals surface area contributed by atoms with Gasteiger partial charge in [-0.25, -0.2) is 0 Å². The van der Waals surface area contributed by atoms with Gasteiger partial charge < -0.3 is 19.5 Å². The predicted molar refractivity (Wildman–Crippen MR) is 115 cm³/mol. The van der Waals surface area contributed by atoms with Crippen molar-refractivity contribution in [2.45, 2.75) is 56.7 Å². The second-order valence-corrected chi connectivity index (χ2v) is 8.63. The third kappa shape index (κ3) is 3.45. The number of carbonyl (C=O) groups excluding carboxylic acids is 1. The summed E-state index contributed by atoms with van der Waals surface area (Å²) in [6.07, 6.45) is 6.45. The van der Waals surface area contributed by atoms with Crippen LogP contribution in [0.1, 0.15) is 67.2 Å². The minimum absolute atomic E-state index is 0.115. The van der Waals surface area contributed by atoms with E-state index in [0.717, 1.165) is 54.0 Å². The SMILES string of the molecule is COc1ccc(OC)c2c1[C@@H](c1cccc(NC(=O)C3CC3)c1)O[C@H]1CCCC[C@@H]21. The minimum Gasteiger partial charge on any atom is -0.496 e. The van der Waals surface area contributed by atoms with Crippen molar-refractivity contribution in [1.82, 2.24) is 0 Å². The molecule has 1 aliphatic heterocycles. The lowest BCUT2D eigenvalue weighted by molar-refractivity contribution is -0.117. The first kappa shape index (κ1) is 19.4. The van der Waals surface area contributed by atoms with Gasteiger partial charge in [0.25, 0.3) is 0 Å². The first-order valence-corrected chi connectivity index (χ1v) is 11.0. The third-order valence-corrected chi connectivity index (χ3v) is 6.70. The molecule has 1 amide bonds. The summed E-state index contributed by atoms with van der Waals surface area (Å²) in [6, 6.07) is 12.0. The number of fused-ring (bicyclic) bond motifs is 3. The highest BCUT2D eigenvalue weighted by molar-refractivity contribution is 5.94. The molecule has 0 spiro atoms. The molecule has 2 aromatic rings. The molecule has 0 unspecified atom stereocenters. The van der Waals surface area contributed by atoms with E-state index in [0.29, 0.717) is 5.92 Å². The fourth-order valence-electron chi connectivity index (χ4n) is 5.05. The lowest BCUT2D eigenvalue weighted by Gasteiger charge is -2.42. The monoisotopic (exact) mass is 407 g/mol. The van der Waals surface area contributed by atoms with E-state index in [2.05, 4.69) is 11.4 Å². The first-order valence-electron chi connectivity index (χ1n) is 11.0. The van der Waals surface area contributed by atoms with Crippen LogP contribution in [0.25, 0.3) is 0 Å². The van der Waals surface area contributed by atoms with Crippen molar-refractivity contribution in [3.63, 3.8) is 0 Å². The molecule has 2 aromatic carbocycles. The highest BCUT2D eigenvalue weighted by Crippen LogP contribution is 2.53. The smallest absolute Gasteiger partial charge is 0.227 e. The summed E-state index contributed by atoms with van der Waals surface area (Å²) in [7, 11) is 3.44. The molecule has 2 fully saturated rings. The molecule has 5 nitrogen and oxygen atoms in total. The maximum Gasteiger partial charge on any atom is 0.227 e. The van der Waals surface area contributed by atoms with Gasteiger partial charge in [0.05, 0.1) is 20.3 Å². The normalized spacial score (nSPS) is 25.1. The van der Waals surface area contributed by atoms with E-state index in [-0.39, 0.29) is 24.0 Å². The largest absolute Gasteiger partial charge is 0.496 e. The van der Waals surface area contributed by atoms with E-state index in [9.17, 15) is 4.79 Å². The maximum atomic E-state index is 12.3. The molecular formula is C25H29NO4. The van der Waals surface area contributed by atoms with E-state index in [1.165, 1.54) is 18.4 Å². The van der Waals surface area contributed by atoms with Gasteiger partial charge in [0.1, 0.15) is 17.6 Å². The van der Waals surface area contributed by atoms with Crippen molar-refractivity contribution in [2.24, 2.45) is 5.92 Å².